The summed E-state index contributed by atoms with van der Waals surface area (Å²) in [6, 6.07) is 0.347. The predicted molar refractivity (Wildman–Crippen MR) is 63.3 cm³/mol. The molecule has 2 unspecified atom stereocenters. The summed E-state index contributed by atoms with van der Waals surface area (Å²) in [6.45, 7) is 4.16. The van der Waals surface area contributed by atoms with E-state index >= 15 is 0 Å². The molecule has 0 saturated heterocycles. The quantitative estimate of drug-likeness (QED) is 0.815. The fourth-order valence-corrected chi connectivity index (χ4v) is 2.30. The maximum atomic E-state index is 9.26. The third-order valence-corrected chi connectivity index (χ3v) is 3.29. The zero-order valence-electron chi connectivity index (χ0n) is 9.90. The molecule has 1 saturated carbocycles. The number of aliphatic hydroxyl groups is 1. The molecular formula is C12H19N3O. The van der Waals surface area contributed by atoms with Crippen LogP contribution in [-0.4, -0.2) is 27.7 Å². The molecule has 2 N–H and O–H groups in total. The molecule has 4 heteroatoms. The van der Waals surface area contributed by atoms with E-state index in [1.807, 2.05) is 13.8 Å². The molecule has 0 amide bonds. The fraction of sp³-hybridized carbons (Fsp3) is 0.667. The van der Waals surface area contributed by atoms with Crippen LogP contribution in [0.4, 0.5) is 5.82 Å². The third kappa shape index (κ3) is 2.32. The second-order valence-electron chi connectivity index (χ2n) is 4.57. The molecule has 0 aliphatic heterocycles. The normalized spacial score (nSPS) is 24.7. The number of aromatic nitrogens is 2. The van der Waals surface area contributed by atoms with Crippen LogP contribution in [0.5, 0.6) is 0 Å². The van der Waals surface area contributed by atoms with E-state index in [1.165, 1.54) is 6.42 Å². The first-order valence-corrected chi connectivity index (χ1v) is 5.88. The zero-order chi connectivity index (χ0) is 11.5. The van der Waals surface area contributed by atoms with Crippen molar-refractivity contribution < 1.29 is 5.11 Å². The first kappa shape index (κ1) is 11.3. The number of hydrogen-bond acceptors (Lipinski definition) is 4. The summed E-state index contributed by atoms with van der Waals surface area (Å²) >= 11 is 0. The van der Waals surface area contributed by atoms with E-state index in [-0.39, 0.29) is 6.61 Å². The Balaban J connectivity index is 2.11. The van der Waals surface area contributed by atoms with Crippen molar-refractivity contribution in [2.24, 2.45) is 5.92 Å². The lowest BCUT2D eigenvalue weighted by atomic mass is 10.1. The molecule has 1 fully saturated rings. The van der Waals surface area contributed by atoms with Crippen molar-refractivity contribution in [2.45, 2.75) is 39.2 Å². The fourth-order valence-electron chi connectivity index (χ4n) is 2.30. The van der Waals surface area contributed by atoms with Gasteiger partial charge in [0.25, 0.3) is 0 Å². The van der Waals surface area contributed by atoms with E-state index in [4.69, 9.17) is 0 Å². The summed E-state index contributed by atoms with van der Waals surface area (Å²) in [4.78, 5) is 8.73. The Morgan fingerprint density at radius 1 is 1.44 bits per heavy atom. The van der Waals surface area contributed by atoms with E-state index < -0.39 is 0 Å². The monoisotopic (exact) mass is 221 g/mol. The van der Waals surface area contributed by atoms with Crippen LogP contribution in [0.3, 0.4) is 0 Å². The Hall–Kier alpha value is -1.16. The van der Waals surface area contributed by atoms with Gasteiger partial charge in [-0.25, -0.2) is 4.98 Å². The van der Waals surface area contributed by atoms with E-state index in [0.717, 1.165) is 30.0 Å². The first-order chi connectivity index (χ1) is 7.70. The second-order valence-corrected chi connectivity index (χ2v) is 4.57. The molecule has 16 heavy (non-hydrogen) atoms. The molecule has 1 aromatic rings. The highest BCUT2D eigenvalue weighted by Gasteiger charge is 2.27. The van der Waals surface area contributed by atoms with Gasteiger partial charge in [-0.05, 0) is 26.7 Å². The molecule has 0 bridgehead atoms. The van der Waals surface area contributed by atoms with Crippen molar-refractivity contribution in [3.63, 3.8) is 0 Å². The van der Waals surface area contributed by atoms with Crippen molar-refractivity contribution in [3.05, 3.63) is 17.6 Å². The van der Waals surface area contributed by atoms with Crippen LogP contribution >= 0.6 is 0 Å². The first-order valence-electron chi connectivity index (χ1n) is 5.88. The number of anilines is 1. The van der Waals surface area contributed by atoms with Gasteiger partial charge in [0.15, 0.2) is 0 Å². The Kier molecular flexibility index (Phi) is 3.39. The van der Waals surface area contributed by atoms with Crippen molar-refractivity contribution >= 4 is 5.82 Å². The van der Waals surface area contributed by atoms with Gasteiger partial charge in [0.05, 0.1) is 11.4 Å². The van der Waals surface area contributed by atoms with Gasteiger partial charge in [0, 0.05) is 24.8 Å². The number of hydrogen-bond donors (Lipinski definition) is 2. The Morgan fingerprint density at radius 2 is 2.25 bits per heavy atom. The molecule has 1 aliphatic carbocycles. The average molecular weight is 221 g/mol. The Bertz CT molecular complexity index is 367. The number of nitrogens with one attached hydrogen (secondary N) is 1. The molecular weight excluding hydrogens is 202 g/mol. The van der Waals surface area contributed by atoms with Gasteiger partial charge in [-0.3, -0.25) is 4.98 Å². The Labute approximate surface area is 96.1 Å². The lowest BCUT2D eigenvalue weighted by molar-refractivity contribution is 0.222. The maximum absolute atomic E-state index is 9.26. The molecule has 1 aliphatic rings. The number of nitrogens with zero attached hydrogens (tertiary/aromatic N) is 2. The van der Waals surface area contributed by atoms with Crippen LogP contribution in [-0.2, 0) is 0 Å². The van der Waals surface area contributed by atoms with Crippen LogP contribution in [0.1, 0.15) is 30.7 Å². The van der Waals surface area contributed by atoms with Gasteiger partial charge in [-0.15, -0.1) is 0 Å². The van der Waals surface area contributed by atoms with Crippen LogP contribution in [0.25, 0.3) is 0 Å². The average Bonchev–Trinajstić information content (AvgIpc) is 2.71. The van der Waals surface area contributed by atoms with Crippen molar-refractivity contribution in [1.82, 2.24) is 9.97 Å². The summed E-state index contributed by atoms with van der Waals surface area (Å²) in [7, 11) is 0. The van der Waals surface area contributed by atoms with Gasteiger partial charge in [0.2, 0.25) is 0 Å². The van der Waals surface area contributed by atoms with Gasteiger partial charge >= 0.3 is 0 Å². The predicted octanol–water partition coefficient (Wildman–Crippen LogP) is 1.67. The van der Waals surface area contributed by atoms with Crippen LogP contribution in [0.15, 0.2) is 6.20 Å². The summed E-state index contributed by atoms with van der Waals surface area (Å²) in [5.74, 6) is 1.23. The molecule has 2 atom stereocenters. The van der Waals surface area contributed by atoms with Gasteiger partial charge < -0.3 is 10.4 Å². The maximum Gasteiger partial charge on any atom is 0.147 e. The molecule has 0 spiro atoms. The van der Waals surface area contributed by atoms with Crippen molar-refractivity contribution in [3.8, 4) is 0 Å². The molecule has 1 heterocycles. The highest BCUT2D eigenvalue weighted by molar-refractivity contribution is 5.41. The number of rotatable bonds is 3. The minimum atomic E-state index is 0.260. The standard InChI is InChI=1S/C12H19N3O/c1-8-6-13-9(2)12(14-8)15-11-5-3-4-10(11)7-16/h6,10-11,16H,3-5,7H2,1-2H3,(H,14,15). The van der Waals surface area contributed by atoms with Crippen molar-refractivity contribution in [2.75, 3.05) is 11.9 Å². The van der Waals surface area contributed by atoms with Crippen LogP contribution in [0.2, 0.25) is 0 Å². The molecule has 4 nitrogen and oxygen atoms in total. The zero-order valence-corrected chi connectivity index (χ0v) is 9.90. The van der Waals surface area contributed by atoms with Gasteiger partial charge in [-0.2, -0.15) is 0 Å². The molecule has 88 valence electrons. The SMILES string of the molecule is Cc1cnc(C)c(NC2CCCC2CO)n1. The molecule has 0 radical (unpaired) electrons. The van der Waals surface area contributed by atoms with Crippen LogP contribution < -0.4 is 5.32 Å². The molecule has 1 aromatic heterocycles. The summed E-state index contributed by atoms with van der Waals surface area (Å²) in [5, 5.41) is 12.7. The van der Waals surface area contributed by atoms with E-state index in [9.17, 15) is 5.11 Å². The largest absolute Gasteiger partial charge is 0.396 e. The highest BCUT2D eigenvalue weighted by Crippen LogP contribution is 2.28. The topological polar surface area (TPSA) is 58.0 Å². The highest BCUT2D eigenvalue weighted by atomic mass is 16.3. The van der Waals surface area contributed by atoms with Crippen molar-refractivity contribution in [1.29, 1.82) is 0 Å². The Morgan fingerprint density at radius 3 is 3.00 bits per heavy atom. The van der Waals surface area contributed by atoms with E-state index in [0.29, 0.717) is 12.0 Å². The minimum Gasteiger partial charge on any atom is -0.396 e. The number of aryl methyl sites for hydroxylation is 2. The lowest BCUT2D eigenvalue weighted by Gasteiger charge is -2.20. The lowest BCUT2D eigenvalue weighted by Crippen LogP contribution is -2.27. The van der Waals surface area contributed by atoms with Crippen LogP contribution in [0, 0.1) is 19.8 Å². The van der Waals surface area contributed by atoms with E-state index in [1.54, 1.807) is 6.20 Å². The summed E-state index contributed by atoms with van der Waals surface area (Å²) in [6.07, 6.45) is 5.17. The third-order valence-electron chi connectivity index (χ3n) is 3.29. The summed E-state index contributed by atoms with van der Waals surface area (Å²) in [5.41, 5.74) is 1.85. The minimum absolute atomic E-state index is 0.260. The molecule has 2 rings (SSSR count). The summed E-state index contributed by atoms with van der Waals surface area (Å²) < 4.78 is 0. The van der Waals surface area contributed by atoms with Gasteiger partial charge in [0.1, 0.15) is 5.82 Å². The second kappa shape index (κ2) is 4.78. The van der Waals surface area contributed by atoms with Gasteiger partial charge in [-0.1, -0.05) is 6.42 Å². The molecule has 0 aromatic carbocycles. The smallest absolute Gasteiger partial charge is 0.147 e. The number of aliphatic hydroxyl groups excluding tert-OH is 1. The van der Waals surface area contributed by atoms with E-state index in [2.05, 4.69) is 15.3 Å².